The van der Waals surface area contributed by atoms with Gasteiger partial charge in [-0.1, -0.05) is 37.3 Å². The minimum Gasteiger partial charge on any atom is -0.330 e. The number of hydrogen-bond donors (Lipinski definition) is 1. The van der Waals surface area contributed by atoms with Gasteiger partial charge in [-0.15, -0.1) is 0 Å². The molecule has 2 N–H and O–H groups in total. The highest BCUT2D eigenvalue weighted by Gasteiger charge is 2.02. The first-order chi connectivity index (χ1) is 8.86. The van der Waals surface area contributed by atoms with E-state index in [1.165, 1.54) is 44.3 Å². The summed E-state index contributed by atoms with van der Waals surface area (Å²) in [6.07, 6.45) is 6.14. The average Bonchev–Trinajstić information content (AvgIpc) is 2.42. The van der Waals surface area contributed by atoms with Crippen LogP contribution < -0.4 is 5.73 Å². The van der Waals surface area contributed by atoms with Gasteiger partial charge in [0, 0.05) is 0 Å². The van der Waals surface area contributed by atoms with Crippen LogP contribution in [0.25, 0.3) is 0 Å². The van der Waals surface area contributed by atoms with Crippen LogP contribution in [0.2, 0.25) is 0 Å². The van der Waals surface area contributed by atoms with Gasteiger partial charge in [-0.05, 0) is 63.8 Å². The molecule has 0 aliphatic heterocycles. The van der Waals surface area contributed by atoms with Crippen molar-refractivity contribution in [3.63, 3.8) is 0 Å². The molecular formula is C16H28N2. The standard InChI is InChI=1S/C16H28N2/c1-2-13-18(15-8-12-17)14-7-6-11-16-9-4-3-5-10-16/h3-5,9-10H,2,6-8,11-15,17H2,1H3. The second kappa shape index (κ2) is 10.1. The van der Waals surface area contributed by atoms with Crippen molar-refractivity contribution in [1.82, 2.24) is 4.90 Å². The number of hydrogen-bond acceptors (Lipinski definition) is 2. The largest absolute Gasteiger partial charge is 0.330 e. The summed E-state index contributed by atoms with van der Waals surface area (Å²) < 4.78 is 0. The van der Waals surface area contributed by atoms with Gasteiger partial charge in [-0.25, -0.2) is 0 Å². The lowest BCUT2D eigenvalue weighted by Gasteiger charge is -2.21. The Morgan fingerprint density at radius 3 is 2.33 bits per heavy atom. The topological polar surface area (TPSA) is 29.3 Å². The van der Waals surface area contributed by atoms with E-state index in [0.29, 0.717) is 0 Å². The Balaban J connectivity index is 2.14. The van der Waals surface area contributed by atoms with E-state index >= 15 is 0 Å². The van der Waals surface area contributed by atoms with E-state index in [4.69, 9.17) is 5.73 Å². The third kappa shape index (κ3) is 6.77. The zero-order chi connectivity index (χ0) is 13.1. The van der Waals surface area contributed by atoms with Crippen LogP contribution in [0.1, 0.15) is 38.2 Å². The number of unbranched alkanes of at least 4 members (excludes halogenated alkanes) is 1. The van der Waals surface area contributed by atoms with Gasteiger partial charge >= 0.3 is 0 Å². The van der Waals surface area contributed by atoms with Gasteiger partial charge in [0.25, 0.3) is 0 Å². The van der Waals surface area contributed by atoms with Crippen LogP contribution in [0.4, 0.5) is 0 Å². The first-order valence-electron chi connectivity index (χ1n) is 7.33. The van der Waals surface area contributed by atoms with E-state index in [2.05, 4.69) is 42.2 Å². The summed E-state index contributed by atoms with van der Waals surface area (Å²) in [6, 6.07) is 10.8. The predicted molar refractivity (Wildman–Crippen MR) is 79.8 cm³/mol. The highest BCUT2D eigenvalue weighted by Crippen LogP contribution is 2.06. The maximum absolute atomic E-state index is 5.58. The molecule has 0 spiro atoms. The maximum atomic E-state index is 5.58. The van der Waals surface area contributed by atoms with Crippen molar-refractivity contribution in [3.05, 3.63) is 35.9 Å². The summed E-state index contributed by atoms with van der Waals surface area (Å²) in [4.78, 5) is 2.55. The molecule has 0 aliphatic rings. The number of nitrogens with zero attached hydrogens (tertiary/aromatic N) is 1. The molecule has 2 heteroatoms. The molecule has 18 heavy (non-hydrogen) atoms. The Morgan fingerprint density at radius 2 is 1.67 bits per heavy atom. The van der Waals surface area contributed by atoms with Crippen LogP contribution >= 0.6 is 0 Å². The Bertz CT molecular complexity index is 284. The first kappa shape index (κ1) is 15.2. The van der Waals surface area contributed by atoms with Crippen molar-refractivity contribution in [1.29, 1.82) is 0 Å². The SMILES string of the molecule is CCCN(CCCN)CCCCc1ccccc1. The van der Waals surface area contributed by atoms with Crippen molar-refractivity contribution < 1.29 is 0 Å². The Hall–Kier alpha value is -0.860. The van der Waals surface area contributed by atoms with Crippen LogP contribution in [-0.4, -0.2) is 31.1 Å². The number of rotatable bonds is 10. The zero-order valence-electron chi connectivity index (χ0n) is 11.8. The molecule has 1 aromatic carbocycles. The molecule has 0 atom stereocenters. The number of benzene rings is 1. The molecule has 0 fully saturated rings. The molecule has 0 unspecified atom stereocenters. The van der Waals surface area contributed by atoms with Crippen LogP contribution in [0, 0.1) is 0 Å². The van der Waals surface area contributed by atoms with Gasteiger partial charge in [0.2, 0.25) is 0 Å². The van der Waals surface area contributed by atoms with E-state index in [1.54, 1.807) is 0 Å². The van der Waals surface area contributed by atoms with Crippen molar-refractivity contribution in [3.8, 4) is 0 Å². The third-order valence-electron chi connectivity index (χ3n) is 3.25. The lowest BCUT2D eigenvalue weighted by molar-refractivity contribution is 0.267. The van der Waals surface area contributed by atoms with Crippen LogP contribution in [0.3, 0.4) is 0 Å². The second-order valence-electron chi connectivity index (χ2n) is 4.93. The molecule has 0 saturated heterocycles. The van der Waals surface area contributed by atoms with Crippen molar-refractivity contribution in [2.24, 2.45) is 5.73 Å². The fraction of sp³-hybridized carbons (Fsp3) is 0.625. The van der Waals surface area contributed by atoms with E-state index in [9.17, 15) is 0 Å². The van der Waals surface area contributed by atoms with Crippen molar-refractivity contribution in [2.45, 2.75) is 39.0 Å². The van der Waals surface area contributed by atoms with Gasteiger partial charge in [0.15, 0.2) is 0 Å². The monoisotopic (exact) mass is 248 g/mol. The molecule has 0 aromatic heterocycles. The predicted octanol–water partition coefficient (Wildman–Crippen LogP) is 3.07. The smallest absolute Gasteiger partial charge is 0.000672 e. The lowest BCUT2D eigenvalue weighted by atomic mass is 10.1. The van der Waals surface area contributed by atoms with Gasteiger partial charge in [-0.3, -0.25) is 0 Å². The van der Waals surface area contributed by atoms with Crippen molar-refractivity contribution in [2.75, 3.05) is 26.2 Å². The highest BCUT2D eigenvalue weighted by molar-refractivity contribution is 5.14. The highest BCUT2D eigenvalue weighted by atomic mass is 15.1. The molecular weight excluding hydrogens is 220 g/mol. The lowest BCUT2D eigenvalue weighted by Crippen LogP contribution is -2.28. The van der Waals surface area contributed by atoms with Gasteiger partial charge < -0.3 is 10.6 Å². The fourth-order valence-corrected chi connectivity index (χ4v) is 2.28. The van der Waals surface area contributed by atoms with E-state index in [0.717, 1.165) is 19.5 Å². The minimum absolute atomic E-state index is 0.810. The molecule has 0 heterocycles. The Labute approximate surface area is 112 Å². The molecule has 2 nitrogen and oxygen atoms in total. The summed E-state index contributed by atoms with van der Waals surface area (Å²) in [5.74, 6) is 0. The molecule has 0 saturated carbocycles. The summed E-state index contributed by atoms with van der Waals surface area (Å²) in [5, 5.41) is 0. The molecule has 1 rings (SSSR count). The summed E-state index contributed by atoms with van der Waals surface area (Å²) in [5.41, 5.74) is 7.04. The number of nitrogens with two attached hydrogens (primary N) is 1. The van der Waals surface area contributed by atoms with Crippen LogP contribution in [0.15, 0.2) is 30.3 Å². The fourth-order valence-electron chi connectivity index (χ4n) is 2.28. The molecule has 1 aromatic rings. The molecule has 0 amide bonds. The molecule has 0 bridgehead atoms. The summed E-state index contributed by atoms with van der Waals surface area (Å²) in [7, 11) is 0. The number of aryl methyl sites for hydroxylation is 1. The second-order valence-corrected chi connectivity index (χ2v) is 4.93. The molecule has 102 valence electrons. The third-order valence-corrected chi connectivity index (χ3v) is 3.25. The zero-order valence-corrected chi connectivity index (χ0v) is 11.8. The van der Waals surface area contributed by atoms with Crippen LogP contribution in [-0.2, 0) is 6.42 Å². The normalized spacial score (nSPS) is 11.1. The quantitative estimate of drug-likeness (QED) is 0.645. The molecule has 0 aliphatic carbocycles. The maximum Gasteiger partial charge on any atom is -0.000672 e. The van der Waals surface area contributed by atoms with E-state index in [1.807, 2.05) is 0 Å². The van der Waals surface area contributed by atoms with Gasteiger partial charge in [-0.2, -0.15) is 0 Å². The van der Waals surface area contributed by atoms with E-state index in [-0.39, 0.29) is 0 Å². The minimum atomic E-state index is 0.810. The molecule has 0 radical (unpaired) electrons. The van der Waals surface area contributed by atoms with Gasteiger partial charge in [0.05, 0.1) is 0 Å². The average molecular weight is 248 g/mol. The summed E-state index contributed by atoms with van der Waals surface area (Å²) in [6.45, 7) is 6.66. The Kier molecular flexibility index (Phi) is 8.53. The summed E-state index contributed by atoms with van der Waals surface area (Å²) >= 11 is 0. The van der Waals surface area contributed by atoms with Gasteiger partial charge in [0.1, 0.15) is 0 Å². The van der Waals surface area contributed by atoms with E-state index < -0.39 is 0 Å². The Morgan fingerprint density at radius 1 is 0.944 bits per heavy atom. The first-order valence-corrected chi connectivity index (χ1v) is 7.33. The van der Waals surface area contributed by atoms with Crippen molar-refractivity contribution >= 4 is 0 Å². The van der Waals surface area contributed by atoms with Crippen LogP contribution in [0.5, 0.6) is 0 Å².